The lowest BCUT2D eigenvalue weighted by Gasteiger charge is -2.14. The fraction of sp³-hybridized carbons (Fsp3) is 0.312. The van der Waals surface area contributed by atoms with Crippen molar-refractivity contribution < 1.29 is 4.79 Å². The third kappa shape index (κ3) is 2.98. The fourth-order valence-corrected chi connectivity index (χ4v) is 2.74. The van der Waals surface area contributed by atoms with Gasteiger partial charge in [0, 0.05) is 21.5 Å². The zero-order valence-electron chi connectivity index (χ0n) is 11.2. The van der Waals surface area contributed by atoms with Gasteiger partial charge in [0.25, 0.3) is 0 Å². The third-order valence-corrected chi connectivity index (χ3v) is 4.18. The normalized spacial score (nSPS) is 10.9. The Morgan fingerprint density at radius 3 is 2.37 bits per heavy atom. The van der Waals surface area contributed by atoms with Crippen LogP contribution in [0.1, 0.15) is 26.7 Å². The second kappa shape index (κ2) is 6.20. The van der Waals surface area contributed by atoms with Crippen LogP contribution < -0.4 is 5.32 Å². The standard InChI is InChI=1S/C16H18BrNO/c1-3-11(4-2)16(19)18-15-10-9-14(17)12-7-5-6-8-13(12)15/h5-11H,3-4H2,1-2H3,(H,18,19). The van der Waals surface area contributed by atoms with Gasteiger partial charge in [-0.15, -0.1) is 0 Å². The Labute approximate surface area is 122 Å². The van der Waals surface area contributed by atoms with Crippen LogP contribution in [-0.2, 0) is 4.79 Å². The van der Waals surface area contributed by atoms with Gasteiger partial charge in [0.15, 0.2) is 0 Å². The van der Waals surface area contributed by atoms with Gasteiger partial charge in [-0.05, 0) is 30.4 Å². The molecular weight excluding hydrogens is 302 g/mol. The predicted molar refractivity (Wildman–Crippen MR) is 84.3 cm³/mol. The molecule has 19 heavy (non-hydrogen) atoms. The van der Waals surface area contributed by atoms with Crippen molar-refractivity contribution >= 4 is 38.3 Å². The Bertz CT molecular complexity index is 590. The molecule has 0 bridgehead atoms. The molecule has 1 amide bonds. The molecule has 0 fully saturated rings. The van der Waals surface area contributed by atoms with E-state index < -0.39 is 0 Å². The van der Waals surface area contributed by atoms with Crippen molar-refractivity contribution in [3.05, 3.63) is 40.9 Å². The first-order valence-electron chi connectivity index (χ1n) is 6.65. The van der Waals surface area contributed by atoms with Crippen molar-refractivity contribution in [2.24, 2.45) is 5.92 Å². The van der Waals surface area contributed by atoms with E-state index in [1.165, 1.54) is 0 Å². The van der Waals surface area contributed by atoms with Crippen LogP contribution in [-0.4, -0.2) is 5.91 Å². The number of halogens is 1. The fourth-order valence-electron chi connectivity index (χ4n) is 2.27. The first-order chi connectivity index (χ1) is 9.17. The van der Waals surface area contributed by atoms with Gasteiger partial charge in [0.05, 0.1) is 0 Å². The lowest BCUT2D eigenvalue weighted by atomic mass is 10.0. The maximum atomic E-state index is 12.2. The van der Waals surface area contributed by atoms with E-state index in [-0.39, 0.29) is 11.8 Å². The molecule has 0 atom stereocenters. The zero-order valence-corrected chi connectivity index (χ0v) is 12.8. The summed E-state index contributed by atoms with van der Waals surface area (Å²) >= 11 is 3.54. The number of hydrogen-bond acceptors (Lipinski definition) is 1. The summed E-state index contributed by atoms with van der Waals surface area (Å²) in [4.78, 5) is 12.2. The minimum absolute atomic E-state index is 0.0856. The number of nitrogens with one attached hydrogen (secondary N) is 1. The Kier molecular flexibility index (Phi) is 4.59. The summed E-state index contributed by atoms with van der Waals surface area (Å²) in [7, 11) is 0. The Hall–Kier alpha value is -1.35. The Morgan fingerprint density at radius 1 is 1.11 bits per heavy atom. The van der Waals surface area contributed by atoms with Crippen LogP contribution in [0.3, 0.4) is 0 Å². The summed E-state index contributed by atoms with van der Waals surface area (Å²) in [6.45, 7) is 4.10. The number of rotatable bonds is 4. The molecule has 2 rings (SSSR count). The van der Waals surface area contributed by atoms with E-state index in [1.54, 1.807) is 0 Å². The van der Waals surface area contributed by atoms with Crippen molar-refractivity contribution in [3.63, 3.8) is 0 Å². The molecule has 0 unspecified atom stereocenters. The van der Waals surface area contributed by atoms with Crippen LogP contribution in [0.15, 0.2) is 40.9 Å². The van der Waals surface area contributed by atoms with Crippen molar-refractivity contribution in [2.45, 2.75) is 26.7 Å². The molecule has 0 spiro atoms. The molecule has 0 radical (unpaired) electrons. The molecule has 100 valence electrons. The molecular formula is C16H18BrNO. The van der Waals surface area contributed by atoms with Gasteiger partial charge in [0.2, 0.25) is 5.91 Å². The van der Waals surface area contributed by atoms with E-state index in [2.05, 4.69) is 21.2 Å². The quantitative estimate of drug-likeness (QED) is 0.846. The van der Waals surface area contributed by atoms with Crippen molar-refractivity contribution in [3.8, 4) is 0 Å². The summed E-state index contributed by atoms with van der Waals surface area (Å²) in [5.74, 6) is 0.194. The average molecular weight is 320 g/mol. The average Bonchev–Trinajstić information content (AvgIpc) is 2.44. The van der Waals surface area contributed by atoms with E-state index in [4.69, 9.17) is 0 Å². The maximum Gasteiger partial charge on any atom is 0.227 e. The summed E-state index contributed by atoms with van der Waals surface area (Å²) < 4.78 is 1.05. The lowest BCUT2D eigenvalue weighted by molar-refractivity contribution is -0.120. The third-order valence-electron chi connectivity index (χ3n) is 3.49. The molecule has 2 aromatic carbocycles. The van der Waals surface area contributed by atoms with Crippen LogP contribution in [0.2, 0.25) is 0 Å². The van der Waals surface area contributed by atoms with Crippen molar-refractivity contribution in [2.75, 3.05) is 5.32 Å². The Balaban J connectivity index is 2.36. The van der Waals surface area contributed by atoms with E-state index >= 15 is 0 Å². The molecule has 1 N–H and O–H groups in total. The van der Waals surface area contributed by atoms with Gasteiger partial charge >= 0.3 is 0 Å². The van der Waals surface area contributed by atoms with Crippen LogP contribution in [0.4, 0.5) is 5.69 Å². The number of benzene rings is 2. The minimum atomic E-state index is 0.0856. The first-order valence-corrected chi connectivity index (χ1v) is 7.44. The molecule has 0 aliphatic heterocycles. The van der Waals surface area contributed by atoms with E-state index in [9.17, 15) is 4.79 Å². The minimum Gasteiger partial charge on any atom is -0.325 e. The topological polar surface area (TPSA) is 29.1 Å². The van der Waals surface area contributed by atoms with Crippen molar-refractivity contribution in [1.82, 2.24) is 0 Å². The SMILES string of the molecule is CCC(CC)C(=O)Nc1ccc(Br)c2ccccc12. The second-order valence-corrected chi connectivity index (χ2v) is 5.50. The predicted octanol–water partition coefficient (Wildman–Crippen LogP) is 4.98. The molecule has 0 aliphatic rings. The van der Waals surface area contributed by atoms with E-state index in [0.29, 0.717) is 0 Å². The van der Waals surface area contributed by atoms with Crippen LogP contribution in [0.5, 0.6) is 0 Å². The molecule has 0 aromatic heterocycles. The number of hydrogen-bond donors (Lipinski definition) is 1. The molecule has 2 aromatic rings. The monoisotopic (exact) mass is 319 g/mol. The number of carbonyl (C=O) groups excluding carboxylic acids is 1. The molecule has 3 heteroatoms. The van der Waals surface area contributed by atoms with Crippen molar-refractivity contribution in [1.29, 1.82) is 0 Å². The highest BCUT2D eigenvalue weighted by Crippen LogP contribution is 2.30. The van der Waals surface area contributed by atoms with Crippen LogP contribution in [0, 0.1) is 5.92 Å². The highest BCUT2D eigenvalue weighted by molar-refractivity contribution is 9.10. The van der Waals surface area contributed by atoms with Gasteiger partial charge in [-0.25, -0.2) is 0 Å². The second-order valence-electron chi connectivity index (χ2n) is 4.64. The van der Waals surface area contributed by atoms with Crippen LogP contribution >= 0.6 is 15.9 Å². The smallest absolute Gasteiger partial charge is 0.227 e. The number of fused-ring (bicyclic) bond motifs is 1. The molecule has 0 saturated heterocycles. The summed E-state index contributed by atoms with van der Waals surface area (Å²) in [6.07, 6.45) is 1.74. The summed E-state index contributed by atoms with van der Waals surface area (Å²) in [6, 6.07) is 12.0. The highest BCUT2D eigenvalue weighted by Gasteiger charge is 2.15. The van der Waals surface area contributed by atoms with E-state index in [1.807, 2.05) is 50.2 Å². The summed E-state index contributed by atoms with van der Waals surface area (Å²) in [5.41, 5.74) is 0.885. The van der Waals surface area contributed by atoms with E-state index in [0.717, 1.165) is 33.8 Å². The number of amides is 1. The van der Waals surface area contributed by atoms with Gasteiger partial charge in [0.1, 0.15) is 0 Å². The van der Waals surface area contributed by atoms with Crippen LogP contribution in [0.25, 0.3) is 10.8 Å². The van der Waals surface area contributed by atoms with Gasteiger partial charge < -0.3 is 5.32 Å². The zero-order chi connectivity index (χ0) is 13.8. The maximum absolute atomic E-state index is 12.2. The molecule has 0 saturated carbocycles. The molecule has 0 aliphatic carbocycles. The van der Waals surface area contributed by atoms with Gasteiger partial charge in [-0.2, -0.15) is 0 Å². The van der Waals surface area contributed by atoms with Gasteiger partial charge in [-0.1, -0.05) is 54.0 Å². The number of carbonyl (C=O) groups is 1. The summed E-state index contributed by atoms with van der Waals surface area (Å²) in [5, 5.41) is 5.24. The molecule has 2 nitrogen and oxygen atoms in total. The largest absolute Gasteiger partial charge is 0.325 e. The lowest BCUT2D eigenvalue weighted by Crippen LogP contribution is -2.21. The first kappa shape index (κ1) is 14.1. The van der Waals surface area contributed by atoms with Gasteiger partial charge in [-0.3, -0.25) is 4.79 Å². The number of anilines is 1. The molecule has 0 heterocycles. The Morgan fingerprint density at radius 2 is 1.74 bits per heavy atom. The highest BCUT2D eigenvalue weighted by atomic mass is 79.9.